The Kier molecular flexibility index (Phi) is 4.01. The molecule has 1 aliphatic rings. The minimum Gasteiger partial charge on any atom is -0.396 e. The molecule has 0 bridgehead atoms. The van der Waals surface area contributed by atoms with Gasteiger partial charge in [0.05, 0.1) is 5.92 Å². The summed E-state index contributed by atoms with van der Waals surface area (Å²) >= 11 is 0. The largest absolute Gasteiger partial charge is 0.433 e. The Morgan fingerprint density at radius 2 is 2.10 bits per heavy atom. The molecule has 1 aromatic heterocycles. The average molecular weight is 306 g/mol. The minimum absolute atomic E-state index is 0.159. The first-order chi connectivity index (χ1) is 9.74. The molecular formula is C11H13F3N4O3. The van der Waals surface area contributed by atoms with Gasteiger partial charge in [-0.1, -0.05) is 0 Å². The number of hydrogen-bond acceptors (Lipinski definition) is 5. The number of rotatable bonds is 3. The molecule has 21 heavy (non-hydrogen) atoms. The second kappa shape index (κ2) is 5.45. The number of aliphatic hydroxyl groups excluding tert-OH is 1. The van der Waals surface area contributed by atoms with Gasteiger partial charge in [0.25, 0.3) is 5.56 Å². The monoisotopic (exact) mass is 306 g/mol. The highest BCUT2D eigenvalue weighted by Crippen LogP contribution is 2.28. The van der Waals surface area contributed by atoms with Crippen molar-refractivity contribution in [3.8, 4) is 0 Å². The molecule has 10 heteroatoms. The van der Waals surface area contributed by atoms with Gasteiger partial charge in [-0.2, -0.15) is 13.2 Å². The van der Waals surface area contributed by atoms with Gasteiger partial charge in [0.1, 0.15) is 0 Å². The molecule has 116 valence electrons. The smallest absolute Gasteiger partial charge is 0.396 e. The van der Waals surface area contributed by atoms with Crippen molar-refractivity contribution in [1.82, 2.24) is 15.4 Å². The fourth-order valence-electron chi connectivity index (χ4n) is 2.11. The van der Waals surface area contributed by atoms with Crippen LogP contribution in [0.3, 0.4) is 0 Å². The number of nitrogens with one attached hydrogen (secondary N) is 2. The van der Waals surface area contributed by atoms with Crippen molar-refractivity contribution in [1.29, 1.82) is 0 Å². The van der Waals surface area contributed by atoms with Crippen LogP contribution >= 0.6 is 0 Å². The number of aromatic nitrogens is 2. The van der Waals surface area contributed by atoms with E-state index in [9.17, 15) is 22.8 Å². The van der Waals surface area contributed by atoms with E-state index >= 15 is 0 Å². The van der Waals surface area contributed by atoms with Crippen molar-refractivity contribution in [3.63, 3.8) is 0 Å². The number of aromatic amines is 1. The summed E-state index contributed by atoms with van der Waals surface area (Å²) in [5, 5.41) is 9.67. The number of halogens is 3. The van der Waals surface area contributed by atoms with Crippen LogP contribution in [0.1, 0.15) is 19.0 Å². The second-order valence-corrected chi connectivity index (χ2v) is 4.66. The number of nitrogens with zero attached hydrogens (tertiary/aromatic N) is 2. The Morgan fingerprint density at radius 3 is 2.67 bits per heavy atom. The third kappa shape index (κ3) is 3.05. The molecule has 0 aliphatic carbocycles. The highest BCUT2D eigenvalue weighted by atomic mass is 19.4. The number of hydrazine groups is 1. The Labute approximate surface area is 116 Å². The molecule has 0 aromatic carbocycles. The summed E-state index contributed by atoms with van der Waals surface area (Å²) in [6.07, 6.45) is -4.63. The van der Waals surface area contributed by atoms with Crippen LogP contribution in [0.25, 0.3) is 0 Å². The van der Waals surface area contributed by atoms with Gasteiger partial charge in [-0.05, 0) is 13.3 Å². The van der Waals surface area contributed by atoms with Gasteiger partial charge in [-0.15, -0.1) is 0 Å². The van der Waals surface area contributed by atoms with E-state index in [2.05, 4.69) is 15.4 Å². The van der Waals surface area contributed by atoms with Crippen LogP contribution in [0.15, 0.2) is 10.9 Å². The number of hydrogen-bond donors (Lipinski definition) is 3. The Bertz CT molecular complexity index is 601. The first-order valence-electron chi connectivity index (χ1n) is 6.13. The number of amides is 1. The van der Waals surface area contributed by atoms with Crippen molar-refractivity contribution >= 4 is 11.9 Å². The van der Waals surface area contributed by atoms with Gasteiger partial charge >= 0.3 is 6.18 Å². The van der Waals surface area contributed by atoms with E-state index in [1.807, 2.05) is 0 Å². The molecule has 2 heterocycles. The van der Waals surface area contributed by atoms with Crippen LogP contribution in [0.5, 0.6) is 0 Å². The van der Waals surface area contributed by atoms with Crippen molar-refractivity contribution in [3.05, 3.63) is 22.1 Å². The highest BCUT2D eigenvalue weighted by molar-refractivity contribution is 5.95. The maximum absolute atomic E-state index is 12.6. The zero-order valence-corrected chi connectivity index (χ0v) is 10.9. The summed E-state index contributed by atoms with van der Waals surface area (Å²) in [6.45, 7) is 1.41. The van der Waals surface area contributed by atoms with Gasteiger partial charge in [-0.25, -0.2) is 15.4 Å². The van der Waals surface area contributed by atoms with Crippen LogP contribution in [0.2, 0.25) is 0 Å². The highest BCUT2D eigenvalue weighted by Gasteiger charge is 2.40. The van der Waals surface area contributed by atoms with Crippen LogP contribution in [0.4, 0.5) is 19.1 Å². The SMILES string of the molecule is CC1NN(c2nc(C(F)(F)F)cc(=O)[nH]2)C(=O)C1CCO. The number of carbonyl (C=O) groups excluding carboxylic acids is 1. The van der Waals surface area contributed by atoms with Gasteiger partial charge < -0.3 is 5.11 Å². The molecule has 1 aromatic rings. The molecule has 1 amide bonds. The molecule has 0 spiro atoms. The fourth-order valence-corrected chi connectivity index (χ4v) is 2.11. The van der Waals surface area contributed by atoms with Crippen LogP contribution < -0.4 is 16.0 Å². The second-order valence-electron chi connectivity index (χ2n) is 4.66. The zero-order chi connectivity index (χ0) is 15.8. The third-order valence-electron chi connectivity index (χ3n) is 3.15. The fraction of sp³-hybridized carbons (Fsp3) is 0.545. The predicted molar refractivity (Wildman–Crippen MR) is 65.1 cm³/mol. The standard InChI is InChI=1S/C11H13F3N4O3/c1-5-6(2-3-19)9(21)18(17-5)10-15-7(11(12,13)14)4-8(20)16-10/h4-6,17,19H,2-3H2,1H3,(H,15,16,20). The number of H-pyrrole nitrogens is 1. The maximum atomic E-state index is 12.6. The zero-order valence-electron chi connectivity index (χ0n) is 10.9. The topological polar surface area (TPSA) is 98.3 Å². The molecule has 0 radical (unpaired) electrons. The molecule has 2 unspecified atom stereocenters. The van der Waals surface area contributed by atoms with E-state index in [4.69, 9.17) is 5.11 Å². The minimum atomic E-state index is -4.79. The summed E-state index contributed by atoms with van der Waals surface area (Å²) in [7, 11) is 0. The van der Waals surface area contributed by atoms with Crippen molar-refractivity contribution in [2.75, 3.05) is 11.6 Å². The van der Waals surface area contributed by atoms with Gasteiger partial charge in [0, 0.05) is 18.7 Å². The molecule has 3 N–H and O–H groups in total. The normalized spacial score (nSPS) is 22.9. The van der Waals surface area contributed by atoms with E-state index < -0.39 is 41.2 Å². The van der Waals surface area contributed by atoms with Gasteiger partial charge in [0.15, 0.2) is 5.69 Å². The van der Waals surface area contributed by atoms with Gasteiger partial charge in [-0.3, -0.25) is 14.6 Å². The van der Waals surface area contributed by atoms with Crippen LogP contribution in [-0.4, -0.2) is 33.6 Å². The Balaban J connectivity index is 2.37. The van der Waals surface area contributed by atoms with E-state index in [0.717, 1.165) is 5.01 Å². The lowest BCUT2D eigenvalue weighted by Crippen LogP contribution is -2.39. The molecule has 2 rings (SSSR count). The molecule has 1 saturated heterocycles. The van der Waals surface area contributed by atoms with Crippen molar-refractivity contribution in [2.24, 2.45) is 5.92 Å². The molecule has 2 atom stereocenters. The molecule has 1 aliphatic heterocycles. The number of aliphatic hydroxyl groups is 1. The molecule has 1 fully saturated rings. The van der Waals surface area contributed by atoms with E-state index in [-0.39, 0.29) is 13.0 Å². The summed E-state index contributed by atoms with van der Waals surface area (Å²) in [5.41, 5.74) is 0.239. The summed E-state index contributed by atoms with van der Waals surface area (Å²) in [5.74, 6) is -1.68. The first-order valence-corrected chi connectivity index (χ1v) is 6.13. The molecular weight excluding hydrogens is 293 g/mol. The van der Waals surface area contributed by atoms with Crippen LogP contribution in [0, 0.1) is 5.92 Å². The van der Waals surface area contributed by atoms with Gasteiger partial charge in [0.2, 0.25) is 11.9 Å². The lowest BCUT2D eigenvalue weighted by molar-refractivity contribution is -0.141. The number of anilines is 1. The van der Waals surface area contributed by atoms with E-state index in [1.165, 1.54) is 0 Å². The quantitative estimate of drug-likeness (QED) is 0.732. The summed E-state index contributed by atoms with van der Waals surface area (Å²) in [6, 6.07) is -0.0805. The Hall–Kier alpha value is -1.94. The maximum Gasteiger partial charge on any atom is 0.433 e. The molecule has 0 saturated carbocycles. The lowest BCUT2D eigenvalue weighted by atomic mass is 9.99. The lowest BCUT2D eigenvalue weighted by Gasteiger charge is -2.16. The predicted octanol–water partition coefficient (Wildman–Crippen LogP) is 0.0270. The number of carbonyl (C=O) groups is 1. The summed E-state index contributed by atoms with van der Waals surface area (Å²) in [4.78, 5) is 28.8. The summed E-state index contributed by atoms with van der Waals surface area (Å²) < 4.78 is 37.9. The van der Waals surface area contributed by atoms with Crippen molar-refractivity contribution in [2.45, 2.75) is 25.6 Å². The average Bonchev–Trinajstić information content (AvgIpc) is 2.65. The van der Waals surface area contributed by atoms with Crippen molar-refractivity contribution < 1.29 is 23.1 Å². The number of alkyl halides is 3. The first kappa shape index (κ1) is 15.4. The Morgan fingerprint density at radius 1 is 1.43 bits per heavy atom. The van der Waals surface area contributed by atoms with E-state index in [1.54, 1.807) is 6.92 Å². The molecule has 7 nitrogen and oxygen atoms in total. The van der Waals surface area contributed by atoms with Crippen LogP contribution in [-0.2, 0) is 11.0 Å². The third-order valence-corrected chi connectivity index (χ3v) is 3.15. The van der Waals surface area contributed by atoms with E-state index in [0.29, 0.717) is 6.07 Å².